The predicted molar refractivity (Wildman–Crippen MR) is 78.8 cm³/mol. The molecule has 0 N–H and O–H groups in total. The van der Waals surface area contributed by atoms with Crippen molar-refractivity contribution >= 4 is 22.6 Å². The Morgan fingerprint density at radius 2 is 1.95 bits per heavy atom. The van der Waals surface area contributed by atoms with Gasteiger partial charge in [0.2, 0.25) is 0 Å². The third-order valence-electron chi connectivity index (χ3n) is 3.19. The van der Waals surface area contributed by atoms with E-state index in [1.54, 1.807) is 0 Å². The molecule has 0 aliphatic rings. The molecular weight excluding hydrogens is 254 g/mol. The van der Waals surface area contributed by atoms with Crippen molar-refractivity contribution in [1.29, 1.82) is 0 Å². The Labute approximate surface area is 118 Å². The molecule has 0 bridgehead atoms. The van der Waals surface area contributed by atoms with E-state index in [0.717, 1.165) is 35.2 Å². The van der Waals surface area contributed by atoms with E-state index in [9.17, 15) is 4.79 Å². The summed E-state index contributed by atoms with van der Waals surface area (Å²) >= 11 is 0. The number of rotatable bonds is 5. The normalized spacial score (nSPS) is 10.6. The Morgan fingerprint density at radius 1 is 1.25 bits per heavy atom. The fourth-order valence-corrected chi connectivity index (χ4v) is 2.21. The lowest BCUT2D eigenvalue weighted by atomic mass is 10.1. The highest BCUT2D eigenvalue weighted by Crippen LogP contribution is 2.25. The zero-order valence-electron chi connectivity index (χ0n) is 12.1. The number of nitrogens with zero attached hydrogens (tertiary/aromatic N) is 3. The number of benzene rings is 1. The molecule has 5 nitrogen and oxygen atoms in total. The Bertz CT molecular complexity index is 613. The molecule has 2 aromatic rings. The number of hydrogen-bond donors (Lipinski definition) is 0. The lowest BCUT2D eigenvalue weighted by molar-refractivity contribution is -0.138. The maximum Gasteiger partial charge on any atom is 0.325 e. The number of carbonyl (C=O) groups is 1. The molecule has 0 saturated carbocycles. The van der Waals surface area contributed by atoms with Crippen molar-refractivity contribution < 1.29 is 9.53 Å². The van der Waals surface area contributed by atoms with Crippen LogP contribution in [-0.2, 0) is 9.53 Å². The largest absolute Gasteiger partial charge is 0.468 e. The van der Waals surface area contributed by atoms with E-state index in [-0.39, 0.29) is 12.5 Å². The molecule has 0 saturated heterocycles. The van der Waals surface area contributed by atoms with Crippen LogP contribution in [-0.4, -0.2) is 36.4 Å². The van der Waals surface area contributed by atoms with Crippen molar-refractivity contribution in [3.8, 4) is 0 Å². The fourth-order valence-electron chi connectivity index (χ4n) is 2.21. The first kappa shape index (κ1) is 14.2. The SMILES string of the molecule is CCCN(CC(=O)OC)c1nnc(C)c2ccccc12. The third kappa shape index (κ3) is 2.87. The number of hydrogen-bond acceptors (Lipinski definition) is 5. The first-order valence-corrected chi connectivity index (χ1v) is 6.71. The summed E-state index contributed by atoms with van der Waals surface area (Å²) in [6, 6.07) is 7.97. The van der Waals surface area contributed by atoms with Crippen LogP contribution < -0.4 is 4.90 Å². The molecule has 1 heterocycles. The minimum absolute atomic E-state index is 0.187. The smallest absolute Gasteiger partial charge is 0.325 e. The minimum atomic E-state index is -0.273. The number of ether oxygens (including phenoxy) is 1. The van der Waals surface area contributed by atoms with Crippen LogP contribution in [0.25, 0.3) is 10.8 Å². The number of aryl methyl sites for hydroxylation is 1. The molecule has 0 aliphatic heterocycles. The van der Waals surface area contributed by atoms with Gasteiger partial charge in [-0.2, -0.15) is 5.10 Å². The monoisotopic (exact) mass is 273 g/mol. The highest BCUT2D eigenvalue weighted by molar-refractivity contribution is 5.94. The number of carbonyl (C=O) groups excluding carboxylic acids is 1. The fraction of sp³-hybridized carbons (Fsp3) is 0.400. The van der Waals surface area contributed by atoms with E-state index in [1.807, 2.05) is 36.1 Å². The number of esters is 1. The van der Waals surface area contributed by atoms with Crippen LogP contribution >= 0.6 is 0 Å². The van der Waals surface area contributed by atoms with Crippen molar-refractivity contribution in [3.05, 3.63) is 30.0 Å². The Hall–Kier alpha value is -2.17. The molecular formula is C15H19N3O2. The molecule has 0 amide bonds. The van der Waals surface area contributed by atoms with Gasteiger partial charge in [-0.1, -0.05) is 31.2 Å². The van der Waals surface area contributed by atoms with Crippen molar-refractivity contribution in [2.75, 3.05) is 25.1 Å². The van der Waals surface area contributed by atoms with Gasteiger partial charge < -0.3 is 9.64 Å². The maximum absolute atomic E-state index is 11.6. The molecule has 5 heteroatoms. The summed E-state index contributed by atoms with van der Waals surface area (Å²) in [6.07, 6.45) is 0.918. The van der Waals surface area contributed by atoms with Crippen molar-refractivity contribution in [2.24, 2.45) is 0 Å². The van der Waals surface area contributed by atoms with Crippen LogP contribution in [0, 0.1) is 6.92 Å². The number of methoxy groups -OCH3 is 1. The number of fused-ring (bicyclic) bond motifs is 1. The summed E-state index contributed by atoms with van der Waals surface area (Å²) in [4.78, 5) is 13.5. The van der Waals surface area contributed by atoms with Gasteiger partial charge in [-0.3, -0.25) is 4.79 Å². The number of aromatic nitrogens is 2. The second kappa shape index (κ2) is 6.32. The molecule has 0 unspecified atom stereocenters. The number of anilines is 1. The van der Waals surface area contributed by atoms with E-state index in [4.69, 9.17) is 4.74 Å². The van der Waals surface area contributed by atoms with Gasteiger partial charge in [-0.15, -0.1) is 5.10 Å². The predicted octanol–water partition coefficient (Wildman–Crippen LogP) is 2.33. The summed E-state index contributed by atoms with van der Waals surface area (Å²) in [5.74, 6) is 0.461. The van der Waals surface area contributed by atoms with Gasteiger partial charge >= 0.3 is 5.97 Å². The van der Waals surface area contributed by atoms with Crippen molar-refractivity contribution in [1.82, 2.24) is 10.2 Å². The summed E-state index contributed by atoms with van der Waals surface area (Å²) in [5.41, 5.74) is 0.888. The van der Waals surface area contributed by atoms with Gasteiger partial charge in [0.1, 0.15) is 6.54 Å². The molecule has 0 radical (unpaired) electrons. The Balaban J connectivity index is 2.47. The molecule has 0 atom stereocenters. The molecule has 1 aromatic carbocycles. The third-order valence-corrected chi connectivity index (χ3v) is 3.19. The lowest BCUT2D eigenvalue weighted by Gasteiger charge is -2.22. The second-order valence-corrected chi connectivity index (χ2v) is 4.65. The highest BCUT2D eigenvalue weighted by Gasteiger charge is 2.16. The van der Waals surface area contributed by atoms with E-state index < -0.39 is 0 Å². The van der Waals surface area contributed by atoms with Crippen LogP contribution in [0.4, 0.5) is 5.82 Å². The van der Waals surface area contributed by atoms with E-state index in [2.05, 4.69) is 17.1 Å². The Morgan fingerprint density at radius 3 is 2.60 bits per heavy atom. The highest BCUT2D eigenvalue weighted by atomic mass is 16.5. The van der Waals surface area contributed by atoms with E-state index >= 15 is 0 Å². The van der Waals surface area contributed by atoms with E-state index in [1.165, 1.54) is 7.11 Å². The van der Waals surface area contributed by atoms with Gasteiger partial charge in [0, 0.05) is 17.3 Å². The summed E-state index contributed by atoms with van der Waals surface area (Å²) < 4.78 is 4.76. The average Bonchev–Trinajstić information content (AvgIpc) is 2.47. The van der Waals surface area contributed by atoms with Gasteiger partial charge in [-0.05, 0) is 13.3 Å². The van der Waals surface area contributed by atoms with Crippen molar-refractivity contribution in [2.45, 2.75) is 20.3 Å². The summed E-state index contributed by atoms with van der Waals surface area (Å²) in [6.45, 7) is 4.92. The Kier molecular flexibility index (Phi) is 4.50. The second-order valence-electron chi connectivity index (χ2n) is 4.65. The first-order chi connectivity index (χ1) is 9.67. The standard InChI is InChI=1S/C15H19N3O2/c1-4-9-18(10-14(19)20-3)15-13-8-6-5-7-12(13)11(2)16-17-15/h5-8H,4,9-10H2,1-3H3. The first-order valence-electron chi connectivity index (χ1n) is 6.71. The van der Waals surface area contributed by atoms with Crippen LogP contribution in [0.1, 0.15) is 19.0 Å². The quantitative estimate of drug-likeness (QED) is 0.783. The van der Waals surface area contributed by atoms with Crippen LogP contribution in [0.3, 0.4) is 0 Å². The maximum atomic E-state index is 11.6. The zero-order chi connectivity index (χ0) is 14.5. The molecule has 2 rings (SSSR count). The lowest BCUT2D eigenvalue weighted by Crippen LogP contribution is -2.32. The minimum Gasteiger partial charge on any atom is -0.468 e. The van der Waals surface area contributed by atoms with Crippen molar-refractivity contribution in [3.63, 3.8) is 0 Å². The summed E-state index contributed by atoms with van der Waals surface area (Å²) in [5, 5.41) is 10.6. The molecule has 0 aliphatic carbocycles. The van der Waals surface area contributed by atoms with Gasteiger partial charge in [0.05, 0.1) is 12.8 Å². The molecule has 0 spiro atoms. The van der Waals surface area contributed by atoms with E-state index in [0.29, 0.717) is 0 Å². The topological polar surface area (TPSA) is 55.3 Å². The van der Waals surface area contributed by atoms with Gasteiger partial charge in [0.15, 0.2) is 5.82 Å². The molecule has 20 heavy (non-hydrogen) atoms. The summed E-state index contributed by atoms with van der Waals surface area (Å²) in [7, 11) is 1.39. The van der Waals surface area contributed by atoms with Crippen LogP contribution in [0.2, 0.25) is 0 Å². The van der Waals surface area contributed by atoms with Crippen LogP contribution in [0.15, 0.2) is 24.3 Å². The molecule has 106 valence electrons. The molecule has 1 aromatic heterocycles. The van der Waals surface area contributed by atoms with Crippen LogP contribution in [0.5, 0.6) is 0 Å². The average molecular weight is 273 g/mol. The van der Waals surface area contributed by atoms with Gasteiger partial charge in [-0.25, -0.2) is 0 Å². The van der Waals surface area contributed by atoms with Gasteiger partial charge in [0.25, 0.3) is 0 Å². The molecule has 0 fully saturated rings. The zero-order valence-corrected chi connectivity index (χ0v) is 12.1.